The van der Waals surface area contributed by atoms with Crippen molar-refractivity contribution < 1.29 is 12.8 Å². The standard InChI is InChI=1S/C25H27FN4O3S/c1-5-22-28-20-12-13-27-24(31)23(20)30(22)15-17-11-10-16(14-19(17)26)18-8-6-7-9-21(18)34(32,33)29-25(2,3)4/h6-14,29H,5,15H2,1-4H3,(H,27,31). The molecule has 4 rings (SSSR count). The summed E-state index contributed by atoms with van der Waals surface area (Å²) in [5.74, 6) is 0.185. The number of H-pyrrole nitrogens is 1. The van der Waals surface area contributed by atoms with Crippen LogP contribution in [0.25, 0.3) is 22.2 Å². The third kappa shape index (κ3) is 4.67. The van der Waals surface area contributed by atoms with E-state index in [1.807, 2.05) is 6.92 Å². The van der Waals surface area contributed by atoms with Crippen LogP contribution in [-0.2, 0) is 23.0 Å². The van der Waals surface area contributed by atoms with Gasteiger partial charge in [0.15, 0.2) is 0 Å². The molecule has 0 saturated carbocycles. The first-order valence-corrected chi connectivity index (χ1v) is 12.5. The van der Waals surface area contributed by atoms with Crippen LogP contribution in [0.15, 0.2) is 64.4 Å². The second kappa shape index (κ2) is 8.81. The fraction of sp³-hybridized carbons (Fsp3) is 0.280. The van der Waals surface area contributed by atoms with Gasteiger partial charge >= 0.3 is 0 Å². The lowest BCUT2D eigenvalue weighted by molar-refractivity contribution is 0.491. The topological polar surface area (TPSA) is 96.8 Å². The smallest absolute Gasteiger partial charge is 0.274 e. The number of sulfonamides is 1. The summed E-state index contributed by atoms with van der Waals surface area (Å²) >= 11 is 0. The largest absolute Gasteiger partial charge is 0.327 e. The van der Waals surface area contributed by atoms with Crippen LogP contribution in [0.5, 0.6) is 0 Å². The molecule has 2 aromatic carbocycles. The number of pyridine rings is 1. The molecule has 34 heavy (non-hydrogen) atoms. The zero-order chi connectivity index (χ0) is 24.7. The Hall–Kier alpha value is -3.30. The van der Waals surface area contributed by atoms with Crippen LogP contribution in [0.4, 0.5) is 4.39 Å². The maximum absolute atomic E-state index is 15.3. The molecule has 178 valence electrons. The summed E-state index contributed by atoms with van der Waals surface area (Å²) in [5, 5.41) is 0. The van der Waals surface area contributed by atoms with Gasteiger partial charge in [-0.05, 0) is 44.5 Å². The molecule has 0 saturated heterocycles. The maximum Gasteiger partial charge on any atom is 0.274 e. The van der Waals surface area contributed by atoms with Crippen LogP contribution in [0.3, 0.4) is 0 Å². The Morgan fingerprint density at radius 1 is 1.12 bits per heavy atom. The van der Waals surface area contributed by atoms with Crippen molar-refractivity contribution >= 4 is 21.1 Å². The molecule has 0 spiro atoms. The summed E-state index contributed by atoms with van der Waals surface area (Å²) in [4.78, 5) is 19.6. The van der Waals surface area contributed by atoms with Crippen molar-refractivity contribution in [1.29, 1.82) is 0 Å². The first kappa shape index (κ1) is 23.8. The molecule has 0 fully saturated rings. The van der Waals surface area contributed by atoms with Crippen LogP contribution in [0.2, 0.25) is 0 Å². The van der Waals surface area contributed by atoms with Crippen LogP contribution in [-0.4, -0.2) is 28.5 Å². The van der Waals surface area contributed by atoms with Crippen molar-refractivity contribution in [2.24, 2.45) is 0 Å². The average Bonchev–Trinajstić information content (AvgIpc) is 3.12. The summed E-state index contributed by atoms with van der Waals surface area (Å²) in [7, 11) is -3.82. The van der Waals surface area contributed by atoms with Gasteiger partial charge in [0.05, 0.1) is 17.0 Å². The Bertz CT molecular complexity index is 1530. The number of nitrogens with one attached hydrogen (secondary N) is 2. The number of aromatic nitrogens is 3. The maximum atomic E-state index is 15.3. The molecular weight excluding hydrogens is 455 g/mol. The molecule has 0 aliphatic rings. The van der Waals surface area contributed by atoms with Gasteiger partial charge in [-0.15, -0.1) is 0 Å². The van der Waals surface area contributed by atoms with Crippen molar-refractivity contribution in [3.05, 3.63) is 82.3 Å². The van der Waals surface area contributed by atoms with Crippen molar-refractivity contribution in [1.82, 2.24) is 19.3 Å². The van der Waals surface area contributed by atoms with Crippen molar-refractivity contribution in [3.63, 3.8) is 0 Å². The van der Waals surface area contributed by atoms with E-state index in [0.29, 0.717) is 40.0 Å². The molecule has 2 heterocycles. The van der Waals surface area contributed by atoms with Gasteiger partial charge in [-0.25, -0.2) is 22.5 Å². The van der Waals surface area contributed by atoms with E-state index < -0.39 is 21.4 Å². The highest BCUT2D eigenvalue weighted by Gasteiger charge is 2.25. The van der Waals surface area contributed by atoms with Gasteiger partial charge in [0, 0.05) is 29.3 Å². The number of aromatic amines is 1. The molecule has 0 aliphatic carbocycles. The van der Waals surface area contributed by atoms with Crippen molar-refractivity contribution in [3.8, 4) is 11.1 Å². The SMILES string of the molecule is CCc1nc2cc[nH]c(=O)c2n1Cc1ccc(-c2ccccc2S(=O)(=O)NC(C)(C)C)cc1F. The normalized spacial score (nSPS) is 12.4. The Balaban J connectivity index is 1.75. The third-order valence-corrected chi connectivity index (χ3v) is 7.19. The van der Waals surface area contributed by atoms with Crippen molar-refractivity contribution in [2.75, 3.05) is 0 Å². The quantitative estimate of drug-likeness (QED) is 0.430. The lowest BCUT2D eigenvalue weighted by atomic mass is 10.0. The van der Waals surface area contributed by atoms with Crippen molar-refractivity contribution in [2.45, 2.75) is 51.1 Å². The molecular formula is C25H27FN4O3S. The first-order chi connectivity index (χ1) is 16.0. The number of benzene rings is 2. The molecule has 0 aliphatic heterocycles. The van der Waals surface area contributed by atoms with Crippen LogP contribution >= 0.6 is 0 Å². The highest BCUT2D eigenvalue weighted by molar-refractivity contribution is 7.89. The molecule has 0 unspecified atom stereocenters. The first-order valence-electron chi connectivity index (χ1n) is 11.0. The molecule has 0 radical (unpaired) electrons. The zero-order valence-corrected chi connectivity index (χ0v) is 20.3. The van der Waals surface area contributed by atoms with E-state index >= 15 is 4.39 Å². The van der Waals surface area contributed by atoms with Gasteiger partial charge < -0.3 is 9.55 Å². The zero-order valence-electron chi connectivity index (χ0n) is 19.5. The number of rotatable bonds is 6. The molecule has 0 amide bonds. The Morgan fingerprint density at radius 3 is 2.53 bits per heavy atom. The number of halogens is 1. The molecule has 9 heteroatoms. The minimum absolute atomic E-state index is 0.0810. The molecule has 7 nitrogen and oxygen atoms in total. The average molecular weight is 483 g/mol. The van der Waals surface area contributed by atoms with Crippen LogP contribution in [0.1, 0.15) is 39.1 Å². The number of fused-ring (bicyclic) bond motifs is 1. The minimum atomic E-state index is -3.82. The number of nitrogens with zero attached hydrogens (tertiary/aromatic N) is 2. The van der Waals surface area contributed by atoms with E-state index in [1.54, 1.807) is 61.7 Å². The van der Waals surface area contributed by atoms with E-state index in [0.717, 1.165) is 0 Å². The summed E-state index contributed by atoms with van der Waals surface area (Å²) in [6, 6.07) is 12.9. The Kier molecular flexibility index (Phi) is 6.18. The second-order valence-electron chi connectivity index (χ2n) is 9.17. The summed E-state index contributed by atoms with van der Waals surface area (Å²) in [5.41, 5.74) is 1.23. The molecule has 2 N–H and O–H groups in total. The number of hydrogen-bond donors (Lipinski definition) is 2. The van der Waals surface area contributed by atoms with Gasteiger partial charge in [0.25, 0.3) is 5.56 Å². The number of aryl methyl sites for hydroxylation is 1. The van der Waals surface area contributed by atoms with Gasteiger partial charge in [-0.3, -0.25) is 4.79 Å². The Labute approximate surface area is 197 Å². The van der Waals surface area contributed by atoms with Gasteiger partial charge in [0.2, 0.25) is 10.0 Å². The fourth-order valence-electron chi connectivity index (χ4n) is 3.99. The predicted molar refractivity (Wildman–Crippen MR) is 131 cm³/mol. The van der Waals surface area contributed by atoms with E-state index in [9.17, 15) is 13.2 Å². The third-order valence-electron chi connectivity index (χ3n) is 5.37. The molecule has 4 aromatic rings. The van der Waals surface area contributed by atoms with E-state index in [-0.39, 0.29) is 17.0 Å². The summed E-state index contributed by atoms with van der Waals surface area (Å²) in [6.07, 6.45) is 2.12. The number of hydrogen-bond acceptors (Lipinski definition) is 4. The van der Waals surface area contributed by atoms with Crippen LogP contribution < -0.4 is 10.3 Å². The molecule has 0 bridgehead atoms. The van der Waals surface area contributed by atoms with E-state index in [2.05, 4.69) is 14.7 Å². The monoisotopic (exact) mass is 482 g/mol. The highest BCUT2D eigenvalue weighted by Crippen LogP contribution is 2.30. The summed E-state index contributed by atoms with van der Waals surface area (Å²) < 4.78 is 45.6. The molecule has 0 atom stereocenters. The lowest BCUT2D eigenvalue weighted by Crippen LogP contribution is -2.40. The van der Waals surface area contributed by atoms with Gasteiger partial charge in [0.1, 0.15) is 17.2 Å². The lowest BCUT2D eigenvalue weighted by Gasteiger charge is -2.21. The number of imidazole rings is 1. The predicted octanol–water partition coefficient (Wildman–Crippen LogP) is 4.22. The van der Waals surface area contributed by atoms with Gasteiger partial charge in [-0.2, -0.15) is 0 Å². The summed E-state index contributed by atoms with van der Waals surface area (Å²) in [6.45, 7) is 7.34. The van der Waals surface area contributed by atoms with E-state index in [4.69, 9.17) is 0 Å². The van der Waals surface area contributed by atoms with Gasteiger partial charge in [-0.1, -0.05) is 37.3 Å². The second-order valence-corrected chi connectivity index (χ2v) is 10.8. The highest BCUT2D eigenvalue weighted by atomic mass is 32.2. The fourth-order valence-corrected chi connectivity index (χ4v) is 5.64. The van der Waals surface area contributed by atoms with Crippen LogP contribution in [0, 0.1) is 5.82 Å². The van der Waals surface area contributed by atoms with E-state index in [1.165, 1.54) is 18.3 Å². The Morgan fingerprint density at radius 2 is 1.85 bits per heavy atom. The minimum Gasteiger partial charge on any atom is -0.327 e. The molecule has 2 aromatic heterocycles.